The van der Waals surface area contributed by atoms with Crippen molar-refractivity contribution >= 4 is 51.9 Å². The Morgan fingerprint density at radius 1 is 1.27 bits per heavy atom. The zero-order chi connectivity index (χ0) is 21.5. The number of benzene rings is 2. The Morgan fingerprint density at radius 3 is 2.77 bits per heavy atom. The van der Waals surface area contributed by atoms with Crippen molar-refractivity contribution in [3.63, 3.8) is 0 Å². The fraction of sp³-hybridized carbons (Fsp3) is 0.227. The molecule has 0 bridgehead atoms. The molecule has 6 nitrogen and oxygen atoms in total. The van der Waals surface area contributed by atoms with Gasteiger partial charge in [-0.25, -0.2) is 0 Å². The maximum atomic E-state index is 12.7. The minimum Gasteiger partial charge on any atom is -0.504 e. The molecule has 1 heterocycles. The predicted molar refractivity (Wildman–Crippen MR) is 123 cm³/mol. The second kappa shape index (κ2) is 10.3. The molecule has 0 atom stereocenters. The predicted octanol–water partition coefficient (Wildman–Crippen LogP) is 4.41. The number of hydrogen-bond donors (Lipinski definition) is 2. The van der Waals surface area contributed by atoms with Crippen LogP contribution in [0, 0.1) is 0 Å². The molecule has 8 heteroatoms. The number of nitrogens with one attached hydrogen (secondary N) is 1. The number of rotatable bonds is 8. The minimum atomic E-state index is -0.181. The number of carbonyl (C=O) groups is 2. The van der Waals surface area contributed by atoms with Gasteiger partial charge in [0.1, 0.15) is 4.32 Å². The number of anilines is 1. The molecule has 3 rings (SSSR count). The van der Waals surface area contributed by atoms with Crippen molar-refractivity contribution in [2.75, 3.05) is 18.5 Å². The van der Waals surface area contributed by atoms with E-state index >= 15 is 0 Å². The van der Waals surface area contributed by atoms with Crippen molar-refractivity contribution in [3.05, 3.63) is 59.0 Å². The molecule has 30 heavy (non-hydrogen) atoms. The first-order valence-electron chi connectivity index (χ1n) is 9.54. The topological polar surface area (TPSA) is 78.9 Å². The van der Waals surface area contributed by atoms with Gasteiger partial charge in [0.2, 0.25) is 5.91 Å². The van der Waals surface area contributed by atoms with Crippen LogP contribution in [0.15, 0.2) is 53.4 Å². The fourth-order valence-corrected chi connectivity index (χ4v) is 4.19. The summed E-state index contributed by atoms with van der Waals surface area (Å²) < 4.78 is 5.85. The number of thiocarbonyl (C=S) groups is 1. The summed E-state index contributed by atoms with van der Waals surface area (Å²) in [5.74, 6) is 0.135. The first-order chi connectivity index (χ1) is 14.5. The first kappa shape index (κ1) is 21.9. The van der Waals surface area contributed by atoms with Gasteiger partial charge < -0.3 is 15.2 Å². The van der Waals surface area contributed by atoms with E-state index in [-0.39, 0.29) is 17.6 Å². The molecule has 2 aromatic rings. The van der Waals surface area contributed by atoms with Crippen LogP contribution in [0.25, 0.3) is 6.08 Å². The second-order valence-electron chi connectivity index (χ2n) is 6.51. The van der Waals surface area contributed by atoms with Crippen molar-refractivity contribution in [2.45, 2.75) is 19.8 Å². The molecule has 0 saturated carbocycles. The van der Waals surface area contributed by atoms with Gasteiger partial charge in [0, 0.05) is 18.7 Å². The SMILES string of the molecule is CCOc1cc(/C=C2\SC(=S)N(CCCC(=O)Nc3ccccc3)C2=O)ccc1O. The Bertz CT molecular complexity index is 976. The molecule has 156 valence electrons. The fourth-order valence-electron chi connectivity index (χ4n) is 2.88. The lowest BCUT2D eigenvalue weighted by Crippen LogP contribution is -2.29. The van der Waals surface area contributed by atoms with Crippen LogP contribution < -0.4 is 10.1 Å². The molecule has 1 saturated heterocycles. The number of nitrogens with zero attached hydrogens (tertiary/aromatic N) is 1. The maximum absolute atomic E-state index is 12.7. The number of phenolic OH excluding ortho intramolecular Hbond substituents is 1. The highest BCUT2D eigenvalue weighted by atomic mass is 32.2. The summed E-state index contributed by atoms with van der Waals surface area (Å²) in [4.78, 5) is 26.8. The van der Waals surface area contributed by atoms with E-state index in [1.807, 2.05) is 37.3 Å². The van der Waals surface area contributed by atoms with E-state index < -0.39 is 0 Å². The van der Waals surface area contributed by atoms with Gasteiger partial charge in [0.05, 0.1) is 11.5 Å². The molecule has 2 aromatic carbocycles. The van der Waals surface area contributed by atoms with Crippen molar-refractivity contribution in [2.24, 2.45) is 0 Å². The van der Waals surface area contributed by atoms with Gasteiger partial charge in [0.25, 0.3) is 5.91 Å². The van der Waals surface area contributed by atoms with Crippen LogP contribution in [-0.4, -0.2) is 39.3 Å². The van der Waals surface area contributed by atoms with Crippen LogP contribution in [-0.2, 0) is 9.59 Å². The van der Waals surface area contributed by atoms with Gasteiger partial charge in [-0.1, -0.05) is 48.2 Å². The highest BCUT2D eigenvalue weighted by Crippen LogP contribution is 2.34. The van der Waals surface area contributed by atoms with Crippen LogP contribution in [0.3, 0.4) is 0 Å². The summed E-state index contributed by atoms with van der Waals surface area (Å²) in [5, 5.41) is 12.6. The molecule has 1 aliphatic rings. The Kier molecular flexibility index (Phi) is 7.48. The van der Waals surface area contributed by atoms with Gasteiger partial charge in [-0.05, 0) is 49.2 Å². The Balaban J connectivity index is 1.57. The number of aromatic hydroxyl groups is 1. The molecule has 0 unspecified atom stereocenters. The average Bonchev–Trinajstić information content (AvgIpc) is 2.99. The highest BCUT2D eigenvalue weighted by molar-refractivity contribution is 8.26. The lowest BCUT2D eigenvalue weighted by Gasteiger charge is -2.14. The summed E-state index contributed by atoms with van der Waals surface area (Å²) in [6.07, 6.45) is 2.52. The Hall–Kier alpha value is -2.84. The van der Waals surface area contributed by atoms with E-state index in [2.05, 4.69) is 5.32 Å². The third-order valence-electron chi connectivity index (χ3n) is 4.30. The van der Waals surface area contributed by atoms with Crippen LogP contribution in [0.5, 0.6) is 11.5 Å². The van der Waals surface area contributed by atoms with Crippen molar-refractivity contribution < 1.29 is 19.4 Å². The second-order valence-corrected chi connectivity index (χ2v) is 8.19. The molecule has 2 amide bonds. The van der Waals surface area contributed by atoms with E-state index in [1.54, 1.807) is 18.2 Å². The van der Waals surface area contributed by atoms with Crippen LogP contribution in [0.1, 0.15) is 25.3 Å². The molecule has 2 N–H and O–H groups in total. The van der Waals surface area contributed by atoms with E-state index in [4.69, 9.17) is 17.0 Å². The summed E-state index contributed by atoms with van der Waals surface area (Å²) in [6, 6.07) is 14.2. The summed E-state index contributed by atoms with van der Waals surface area (Å²) in [5.41, 5.74) is 1.48. The van der Waals surface area contributed by atoms with E-state index in [0.717, 1.165) is 11.3 Å². The van der Waals surface area contributed by atoms with Gasteiger partial charge in [-0.3, -0.25) is 14.5 Å². The van der Waals surface area contributed by atoms with E-state index in [0.29, 0.717) is 41.0 Å². The zero-order valence-corrected chi connectivity index (χ0v) is 18.1. The normalized spacial score (nSPS) is 15.0. The monoisotopic (exact) mass is 442 g/mol. The number of amides is 2. The third-order valence-corrected chi connectivity index (χ3v) is 5.68. The van der Waals surface area contributed by atoms with Gasteiger partial charge in [-0.15, -0.1) is 0 Å². The molecule has 1 fully saturated rings. The van der Waals surface area contributed by atoms with Crippen molar-refractivity contribution in [1.29, 1.82) is 0 Å². The van der Waals surface area contributed by atoms with Crippen LogP contribution in [0.4, 0.5) is 5.69 Å². The van der Waals surface area contributed by atoms with Crippen LogP contribution >= 0.6 is 24.0 Å². The van der Waals surface area contributed by atoms with E-state index in [9.17, 15) is 14.7 Å². The molecular weight excluding hydrogens is 420 g/mol. The highest BCUT2D eigenvalue weighted by Gasteiger charge is 2.31. The van der Waals surface area contributed by atoms with Crippen molar-refractivity contribution in [1.82, 2.24) is 4.90 Å². The lowest BCUT2D eigenvalue weighted by molar-refractivity contribution is -0.122. The summed E-state index contributed by atoms with van der Waals surface area (Å²) in [7, 11) is 0. The van der Waals surface area contributed by atoms with Gasteiger partial charge >= 0.3 is 0 Å². The summed E-state index contributed by atoms with van der Waals surface area (Å²) in [6.45, 7) is 2.64. The maximum Gasteiger partial charge on any atom is 0.266 e. The number of para-hydroxylation sites is 1. The lowest BCUT2D eigenvalue weighted by atomic mass is 10.2. The number of ether oxygens (including phenoxy) is 1. The van der Waals surface area contributed by atoms with Gasteiger partial charge in [0.15, 0.2) is 11.5 Å². The molecule has 0 aromatic heterocycles. The average molecular weight is 443 g/mol. The smallest absolute Gasteiger partial charge is 0.266 e. The molecule has 0 spiro atoms. The Labute approximate surface area is 184 Å². The minimum absolute atomic E-state index is 0.0512. The summed E-state index contributed by atoms with van der Waals surface area (Å²) >= 11 is 6.57. The number of phenols is 1. The number of thioether (sulfide) groups is 1. The number of hydrogen-bond acceptors (Lipinski definition) is 6. The number of carbonyl (C=O) groups excluding carboxylic acids is 2. The standard InChI is InChI=1S/C22H22N2O4S2/c1-2-28-18-13-15(10-11-17(18)25)14-19-21(27)24(22(29)30-19)12-6-9-20(26)23-16-7-4-3-5-8-16/h3-5,7-8,10-11,13-14,25H,2,6,9,12H2,1H3,(H,23,26)/b19-14-. The molecule has 0 radical (unpaired) electrons. The first-order valence-corrected chi connectivity index (χ1v) is 10.8. The Morgan fingerprint density at radius 2 is 2.03 bits per heavy atom. The van der Waals surface area contributed by atoms with Crippen LogP contribution in [0.2, 0.25) is 0 Å². The molecule has 0 aliphatic carbocycles. The largest absolute Gasteiger partial charge is 0.504 e. The third kappa shape index (κ3) is 5.61. The van der Waals surface area contributed by atoms with E-state index in [1.165, 1.54) is 22.7 Å². The zero-order valence-electron chi connectivity index (χ0n) is 16.5. The van der Waals surface area contributed by atoms with Crippen molar-refractivity contribution in [3.8, 4) is 11.5 Å². The van der Waals surface area contributed by atoms with Gasteiger partial charge in [-0.2, -0.15) is 0 Å². The molecular formula is C22H22N2O4S2. The quantitative estimate of drug-likeness (QED) is 0.466. The molecule has 1 aliphatic heterocycles.